The number of amides is 1. The van der Waals surface area contributed by atoms with Gasteiger partial charge >= 0.3 is 0 Å². The number of hydrogen-bond acceptors (Lipinski definition) is 3. The number of aromatic nitrogens is 1. The third-order valence-corrected chi connectivity index (χ3v) is 1.27. The van der Waals surface area contributed by atoms with E-state index < -0.39 is 18.9 Å². The molecule has 0 radical (unpaired) electrons. The molecule has 1 N–H and O–H groups in total. The molecule has 14 heavy (non-hydrogen) atoms. The van der Waals surface area contributed by atoms with Crippen LogP contribution in [0.1, 0.15) is 10.5 Å². The van der Waals surface area contributed by atoms with Gasteiger partial charge < -0.3 is 0 Å². The number of hydrogen-bond donors (Lipinski definition) is 1. The summed E-state index contributed by atoms with van der Waals surface area (Å²) in [6.45, 7) is -0.835. The molecule has 0 fully saturated rings. The lowest BCUT2D eigenvalue weighted by atomic mass is 10.3. The Labute approximate surface area is 78.9 Å². The number of halogens is 2. The monoisotopic (exact) mass is 202 g/mol. The molecular weight excluding hydrogens is 194 g/mol. The molecule has 1 heterocycles. The summed E-state index contributed by atoms with van der Waals surface area (Å²) in [5, 5.41) is 0. The van der Waals surface area contributed by atoms with E-state index >= 15 is 0 Å². The van der Waals surface area contributed by atoms with Gasteiger partial charge in [0.25, 0.3) is 12.3 Å². The summed E-state index contributed by atoms with van der Waals surface area (Å²) in [6.07, 6.45) is -1.19. The van der Waals surface area contributed by atoms with Crippen molar-refractivity contribution in [3.63, 3.8) is 0 Å². The Morgan fingerprint density at radius 2 is 2.36 bits per heavy atom. The van der Waals surface area contributed by atoms with Crippen LogP contribution in [0.5, 0.6) is 0 Å². The minimum Gasteiger partial charge on any atom is -0.267 e. The summed E-state index contributed by atoms with van der Waals surface area (Å²) in [7, 11) is 0. The zero-order chi connectivity index (χ0) is 10.4. The van der Waals surface area contributed by atoms with E-state index in [9.17, 15) is 13.6 Å². The average Bonchev–Trinajstić information content (AvgIpc) is 2.18. The van der Waals surface area contributed by atoms with Gasteiger partial charge in [0.2, 0.25) is 0 Å². The molecule has 1 aromatic heterocycles. The van der Waals surface area contributed by atoms with Gasteiger partial charge in [-0.15, -0.1) is 0 Å². The molecule has 1 amide bonds. The van der Waals surface area contributed by atoms with Gasteiger partial charge in [0.1, 0.15) is 12.3 Å². The molecule has 1 aromatic rings. The van der Waals surface area contributed by atoms with Gasteiger partial charge in [-0.3, -0.25) is 14.6 Å². The zero-order valence-corrected chi connectivity index (χ0v) is 7.11. The van der Waals surface area contributed by atoms with Gasteiger partial charge in [-0.25, -0.2) is 14.3 Å². The lowest BCUT2D eigenvalue weighted by Crippen LogP contribution is -2.26. The first kappa shape index (κ1) is 10.5. The Balaban J connectivity index is 2.36. The minimum atomic E-state index is -2.61. The molecule has 1 rings (SSSR count). The Morgan fingerprint density at radius 1 is 1.57 bits per heavy atom. The topological polar surface area (TPSA) is 51.2 Å². The maximum atomic E-state index is 11.6. The van der Waals surface area contributed by atoms with Crippen LogP contribution in [0.3, 0.4) is 0 Å². The van der Waals surface area contributed by atoms with Crippen molar-refractivity contribution < 1.29 is 18.4 Å². The van der Waals surface area contributed by atoms with Crippen molar-refractivity contribution in [2.75, 3.05) is 6.61 Å². The van der Waals surface area contributed by atoms with Crippen LogP contribution in [0.2, 0.25) is 0 Å². The first-order valence-electron chi connectivity index (χ1n) is 3.81. The molecule has 0 unspecified atom stereocenters. The zero-order valence-electron chi connectivity index (χ0n) is 7.11. The third kappa shape index (κ3) is 3.44. The number of alkyl halides is 2. The van der Waals surface area contributed by atoms with E-state index in [1.807, 2.05) is 5.48 Å². The Hall–Kier alpha value is -1.56. The summed E-state index contributed by atoms with van der Waals surface area (Å²) in [5.74, 6) is -0.647. The van der Waals surface area contributed by atoms with Crippen LogP contribution < -0.4 is 5.48 Å². The van der Waals surface area contributed by atoms with E-state index in [-0.39, 0.29) is 5.69 Å². The lowest BCUT2D eigenvalue weighted by Gasteiger charge is -2.03. The molecule has 4 nitrogen and oxygen atoms in total. The highest BCUT2D eigenvalue weighted by molar-refractivity contribution is 5.91. The smallest absolute Gasteiger partial charge is 0.267 e. The number of carbonyl (C=O) groups is 1. The second kappa shape index (κ2) is 5.23. The number of carbonyl (C=O) groups excluding carboxylic acids is 1. The van der Waals surface area contributed by atoms with Crippen molar-refractivity contribution in [1.29, 1.82) is 0 Å². The fourth-order valence-corrected chi connectivity index (χ4v) is 0.720. The van der Waals surface area contributed by atoms with Gasteiger partial charge in [0.05, 0.1) is 0 Å². The van der Waals surface area contributed by atoms with Crippen molar-refractivity contribution in [2.45, 2.75) is 6.43 Å². The average molecular weight is 202 g/mol. The third-order valence-electron chi connectivity index (χ3n) is 1.27. The molecule has 0 spiro atoms. The Kier molecular flexibility index (Phi) is 3.93. The molecular formula is C8H8F2N2O2. The number of rotatable bonds is 4. The van der Waals surface area contributed by atoms with Crippen LogP contribution in [0.15, 0.2) is 24.4 Å². The number of nitrogens with one attached hydrogen (secondary N) is 1. The molecule has 76 valence electrons. The van der Waals surface area contributed by atoms with Gasteiger partial charge in [0, 0.05) is 6.20 Å². The van der Waals surface area contributed by atoms with Gasteiger partial charge in [0.15, 0.2) is 0 Å². The van der Waals surface area contributed by atoms with Crippen LogP contribution in [-0.4, -0.2) is 23.9 Å². The van der Waals surface area contributed by atoms with Crippen molar-refractivity contribution in [3.8, 4) is 0 Å². The molecule has 0 atom stereocenters. The van der Waals surface area contributed by atoms with Gasteiger partial charge in [-0.1, -0.05) is 6.07 Å². The summed E-state index contributed by atoms with van der Waals surface area (Å²) >= 11 is 0. The van der Waals surface area contributed by atoms with E-state index in [2.05, 4.69) is 9.82 Å². The molecule has 0 saturated carbocycles. The van der Waals surface area contributed by atoms with Crippen LogP contribution >= 0.6 is 0 Å². The Morgan fingerprint density at radius 3 is 2.93 bits per heavy atom. The van der Waals surface area contributed by atoms with Crippen LogP contribution in [-0.2, 0) is 4.84 Å². The van der Waals surface area contributed by atoms with Gasteiger partial charge in [-0.05, 0) is 12.1 Å². The van der Waals surface area contributed by atoms with Crippen molar-refractivity contribution in [2.24, 2.45) is 0 Å². The minimum absolute atomic E-state index is 0.113. The quantitative estimate of drug-likeness (QED) is 0.741. The van der Waals surface area contributed by atoms with Crippen LogP contribution in [0.4, 0.5) is 8.78 Å². The van der Waals surface area contributed by atoms with Crippen LogP contribution in [0.25, 0.3) is 0 Å². The molecule has 0 saturated heterocycles. The van der Waals surface area contributed by atoms with Crippen LogP contribution in [0, 0.1) is 0 Å². The second-order valence-electron chi connectivity index (χ2n) is 2.35. The number of pyridine rings is 1. The normalized spacial score (nSPS) is 10.2. The number of hydroxylamine groups is 1. The van der Waals surface area contributed by atoms with E-state index in [0.717, 1.165) is 0 Å². The second-order valence-corrected chi connectivity index (χ2v) is 2.35. The summed E-state index contributed by atoms with van der Waals surface area (Å²) in [5.41, 5.74) is 1.96. The van der Waals surface area contributed by atoms with Gasteiger partial charge in [-0.2, -0.15) is 0 Å². The number of nitrogens with zero attached hydrogens (tertiary/aromatic N) is 1. The highest BCUT2D eigenvalue weighted by atomic mass is 19.3. The SMILES string of the molecule is O=C(NOCC(F)F)c1ccccn1. The highest BCUT2D eigenvalue weighted by Crippen LogP contribution is 1.94. The Bertz CT molecular complexity index is 293. The molecule has 0 bridgehead atoms. The predicted molar refractivity (Wildman–Crippen MR) is 43.7 cm³/mol. The van der Waals surface area contributed by atoms with E-state index in [1.54, 1.807) is 12.1 Å². The van der Waals surface area contributed by atoms with Crippen molar-refractivity contribution in [1.82, 2.24) is 10.5 Å². The maximum Gasteiger partial charge on any atom is 0.293 e. The molecule has 6 heteroatoms. The largest absolute Gasteiger partial charge is 0.293 e. The molecule has 0 aliphatic rings. The maximum absolute atomic E-state index is 11.6. The first-order chi connectivity index (χ1) is 6.70. The molecule has 0 aliphatic heterocycles. The fraction of sp³-hybridized carbons (Fsp3) is 0.250. The predicted octanol–water partition coefficient (Wildman–Crippen LogP) is 1.01. The van der Waals surface area contributed by atoms with E-state index in [1.165, 1.54) is 12.3 Å². The summed E-state index contributed by atoms with van der Waals surface area (Å²) < 4.78 is 23.2. The first-order valence-corrected chi connectivity index (χ1v) is 3.81. The molecule has 0 aromatic carbocycles. The summed E-state index contributed by atoms with van der Waals surface area (Å²) in [6, 6.07) is 4.69. The standard InChI is InChI=1S/C8H8F2N2O2/c9-7(10)5-14-12-8(13)6-3-1-2-4-11-6/h1-4,7H,5H2,(H,12,13). The molecule has 0 aliphatic carbocycles. The highest BCUT2D eigenvalue weighted by Gasteiger charge is 2.07. The fourth-order valence-electron chi connectivity index (χ4n) is 0.720. The summed E-state index contributed by atoms with van der Waals surface area (Å²) in [4.78, 5) is 19.0. The van der Waals surface area contributed by atoms with E-state index in [4.69, 9.17) is 0 Å². The van der Waals surface area contributed by atoms with Crippen molar-refractivity contribution in [3.05, 3.63) is 30.1 Å². The van der Waals surface area contributed by atoms with Crippen molar-refractivity contribution >= 4 is 5.91 Å². The lowest BCUT2D eigenvalue weighted by molar-refractivity contribution is -0.0254. The van der Waals surface area contributed by atoms with E-state index in [0.29, 0.717) is 0 Å².